The van der Waals surface area contributed by atoms with Gasteiger partial charge in [0.25, 0.3) is 0 Å². The SMILES string of the molecule is CCOc1ccccc1CN1CCN(Cc2cccc(SC)c2)CC1CCO. The molecule has 4 nitrogen and oxygen atoms in total. The van der Waals surface area contributed by atoms with E-state index in [1.807, 2.05) is 13.0 Å². The van der Waals surface area contributed by atoms with Gasteiger partial charge in [-0.1, -0.05) is 30.3 Å². The number of ether oxygens (including phenoxy) is 1. The number of para-hydroxylation sites is 1. The second-order valence-electron chi connectivity index (χ2n) is 7.26. The van der Waals surface area contributed by atoms with Crippen LogP contribution in [-0.2, 0) is 13.1 Å². The molecule has 0 bridgehead atoms. The molecule has 1 atom stereocenters. The van der Waals surface area contributed by atoms with Gasteiger partial charge in [0.15, 0.2) is 0 Å². The minimum absolute atomic E-state index is 0.226. The molecule has 1 aliphatic heterocycles. The van der Waals surface area contributed by atoms with Gasteiger partial charge >= 0.3 is 0 Å². The van der Waals surface area contributed by atoms with Crippen LogP contribution in [0.4, 0.5) is 0 Å². The minimum Gasteiger partial charge on any atom is -0.494 e. The van der Waals surface area contributed by atoms with Gasteiger partial charge in [-0.2, -0.15) is 0 Å². The molecule has 5 heteroatoms. The summed E-state index contributed by atoms with van der Waals surface area (Å²) in [5.41, 5.74) is 2.60. The molecule has 0 amide bonds. The largest absolute Gasteiger partial charge is 0.494 e. The third kappa shape index (κ3) is 5.74. The second kappa shape index (κ2) is 10.9. The molecular weight excluding hydrogens is 368 g/mol. The van der Waals surface area contributed by atoms with Crippen molar-refractivity contribution in [2.24, 2.45) is 0 Å². The minimum atomic E-state index is 0.226. The van der Waals surface area contributed by atoms with Gasteiger partial charge in [0, 0.05) is 55.8 Å². The second-order valence-corrected chi connectivity index (χ2v) is 8.14. The van der Waals surface area contributed by atoms with Crippen LogP contribution in [0.25, 0.3) is 0 Å². The molecule has 1 N–H and O–H groups in total. The smallest absolute Gasteiger partial charge is 0.123 e. The quantitative estimate of drug-likeness (QED) is 0.647. The van der Waals surface area contributed by atoms with E-state index < -0.39 is 0 Å². The van der Waals surface area contributed by atoms with E-state index in [0.29, 0.717) is 12.6 Å². The first-order valence-corrected chi connectivity index (χ1v) is 11.4. The van der Waals surface area contributed by atoms with Crippen LogP contribution in [0.15, 0.2) is 53.4 Å². The highest BCUT2D eigenvalue weighted by atomic mass is 32.2. The number of piperazine rings is 1. The molecule has 0 aromatic heterocycles. The number of nitrogens with zero attached hydrogens (tertiary/aromatic N) is 2. The monoisotopic (exact) mass is 400 g/mol. The fourth-order valence-electron chi connectivity index (χ4n) is 3.91. The van der Waals surface area contributed by atoms with Crippen LogP contribution in [0.3, 0.4) is 0 Å². The van der Waals surface area contributed by atoms with Gasteiger partial charge in [-0.15, -0.1) is 11.8 Å². The standard InChI is InChI=1S/C23H32N2O2S/c1-3-27-23-10-5-4-8-20(23)17-25-13-12-24(18-21(25)11-14-26)16-19-7-6-9-22(15-19)28-2/h4-10,15,21,26H,3,11-14,16-18H2,1-2H3. The molecule has 152 valence electrons. The number of thioether (sulfide) groups is 1. The Bertz CT molecular complexity index is 740. The Labute approximate surface area is 173 Å². The fourth-order valence-corrected chi connectivity index (χ4v) is 4.39. The van der Waals surface area contributed by atoms with E-state index >= 15 is 0 Å². The highest BCUT2D eigenvalue weighted by molar-refractivity contribution is 7.98. The highest BCUT2D eigenvalue weighted by Crippen LogP contribution is 2.24. The van der Waals surface area contributed by atoms with Crippen LogP contribution in [0.2, 0.25) is 0 Å². The van der Waals surface area contributed by atoms with Gasteiger partial charge in [-0.25, -0.2) is 0 Å². The van der Waals surface area contributed by atoms with E-state index in [1.54, 1.807) is 11.8 Å². The van der Waals surface area contributed by atoms with Gasteiger partial charge < -0.3 is 9.84 Å². The van der Waals surface area contributed by atoms with Gasteiger partial charge in [0.2, 0.25) is 0 Å². The van der Waals surface area contributed by atoms with E-state index in [9.17, 15) is 5.11 Å². The Balaban J connectivity index is 1.65. The molecule has 1 aliphatic rings. The molecule has 0 radical (unpaired) electrons. The zero-order valence-corrected chi connectivity index (χ0v) is 17.8. The molecule has 1 fully saturated rings. The molecule has 2 aromatic carbocycles. The van der Waals surface area contributed by atoms with Gasteiger partial charge in [-0.05, 0) is 43.4 Å². The lowest BCUT2D eigenvalue weighted by Crippen LogP contribution is -2.52. The molecular formula is C23H32N2O2S. The van der Waals surface area contributed by atoms with E-state index in [0.717, 1.165) is 44.9 Å². The summed E-state index contributed by atoms with van der Waals surface area (Å²) in [6.07, 6.45) is 2.92. The van der Waals surface area contributed by atoms with Crippen LogP contribution in [0.5, 0.6) is 5.75 Å². The fraction of sp³-hybridized carbons (Fsp3) is 0.478. The molecule has 1 saturated heterocycles. The number of hydrogen-bond acceptors (Lipinski definition) is 5. The Hall–Kier alpha value is -1.53. The maximum absolute atomic E-state index is 9.61. The maximum Gasteiger partial charge on any atom is 0.123 e. The summed E-state index contributed by atoms with van der Waals surface area (Å²) in [6.45, 7) is 7.81. The Morgan fingerprint density at radius 1 is 1.11 bits per heavy atom. The maximum atomic E-state index is 9.61. The Kier molecular flexibility index (Phi) is 8.22. The number of aliphatic hydroxyl groups is 1. The average molecular weight is 401 g/mol. The summed E-state index contributed by atoms with van der Waals surface area (Å²) >= 11 is 1.79. The predicted octanol–water partition coefficient (Wildman–Crippen LogP) is 3.88. The van der Waals surface area contributed by atoms with Crippen LogP contribution in [0, 0.1) is 0 Å². The lowest BCUT2D eigenvalue weighted by atomic mass is 10.1. The molecule has 1 heterocycles. The summed E-state index contributed by atoms with van der Waals surface area (Å²) in [5, 5.41) is 9.61. The number of rotatable bonds is 9. The van der Waals surface area contributed by atoms with Crippen molar-refractivity contribution in [2.45, 2.75) is 37.4 Å². The first-order valence-electron chi connectivity index (χ1n) is 10.1. The van der Waals surface area contributed by atoms with Crippen molar-refractivity contribution in [3.63, 3.8) is 0 Å². The zero-order chi connectivity index (χ0) is 19.8. The van der Waals surface area contributed by atoms with Crippen molar-refractivity contribution in [3.8, 4) is 5.75 Å². The van der Waals surface area contributed by atoms with Crippen molar-refractivity contribution in [2.75, 3.05) is 39.1 Å². The van der Waals surface area contributed by atoms with Crippen molar-refractivity contribution >= 4 is 11.8 Å². The summed E-state index contributed by atoms with van der Waals surface area (Å²) in [4.78, 5) is 6.34. The van der Waals surface area contributed by atoms with Crippen LogP contribution in [-0.4, -0.2) is 60.1 Å². The summed E-state index contributed by atoms with van der Waals surface area (Å²) in [5.74, 6) is 0.976. The number of benzene rings is 2. The van der Waals surface area contributed by atoms with Crippen molar-refractivity contribution in [3.05, 3.63) is 59.7 Å². The lowest BCUT2D eigenvalue weighted by molar-refractivity contribution is 0.0494. The molecule has 0 saturated carbocycles. The third-order valence-electron chi connectivity index (χ3n) is 5.34. The lowest BCUT2D eigenvalue weighted by Gasteiger charge is -2.41. The van der Waals surface area contributed by atoms with Crippen LogP contribution < -0.4 is 4.74 Å². The third-order valence-corrected chi connectivity index (χ3v) is 6.06. The Morgan fingerprint density at radius 2 is 1.96 bits per heavy atom. The van der Waals surface area contributed by atoms with Crippen molar-refractivity contribution in [1.29, 1.82) is 0 Å². The van der Waals surface area contributed by atoms with Gasteiger partial charge in [0.1, 0.15) is 5.75 Å². The van der Waals surface area contributed by atoms with E-state index in [1.165, 1.54) is 16.0 Å². The number of hydrogen-bond donors (Lipinski definition) is 1. The van der Waals surface area contributed by atoms with Crippen LogP contribution in [0.1, 0.15) is 24.5 Å². The Morgan fingerprint density at radius 3 is 2.75 bits per heavy atom. The first-order chi connectivity index (χ1) is 13.7. The molecule has 1 unspecified atom stereocenters. The zero-order valence-electron chi connectivity index (χ0n) is 17.0. The van der Waals surface area contributed by atoms with E-state index in [2.05, 4.69) is 58.5 Å². The van der Waals surface area contributed by atoms with E-state index in [4.69, 9.17) is 4.74 Å². The normalized spacial score (nSPS) is 18.3. The van der Waals surface area contributed by atoms with Gasteiger partial charge in [0.05, 0.1) is 6.61 Å². The summed E-state index contributed by atoms with van der Waals surface area (Å²) < 4.78 is 5.81. The van der Waals surface area contributed by atoms with Crippen molar-refractivity contribution < 1.29 is 9.84 Å². The average Bonchev–Trinajstić information content (AvgIpc) is 2.72. The molecule has 28 heavy (non-hydrogen) atoms. The molecule has 2 aromatic rings. The molecule has 0 aliphatic carbocycles. The predicted molar refractivity (Wildman–Crippen MR) is 117 cm³/mol. The first kappa shape index (κ1) is 21.2. The summed E-state index contributed by atoms with van der Waals surface area (Å²) in [6, 6.07) is 17.5. The number of aliphatic hydroxyl groups excluding tert-OH is 1. The van der Waals surface area contributed by atoms with Crippen molar-refractivity contribution in [1.82, 2.24) is 9.80 Å². The molecule has 3 rings (SSSR count). The van der Waals surface area contributed by atoms with Gasteiger partial charge in [-0.3, -0.25) is 9.80 Å². The molecule has 0 spiro atoms. The topological polar surface area (TPSA) is 35.9 Å². The van der Waals surface area contributed by atoms with Crippen LogP contribution >= 0.6 is 11.8 Å². The summed E-state index contributed by atoms with van der Waals surface area (Å²) in [7, 11) is 0. The van der Waals surface area contributed by atoms with E-state index in [-0.39, 0.29) is 6.61 Å². The highest BCUT2D eigenvalue weighted by Gasteiger charge is 2.27.